The molecule has 0 atom stereocenters. The van der Waals surface area contributed by atoms with E-state index in [0.717, 1.165) is 9.37 Å². The lowest BCUT2D eigenvalue weighted by molar-refractivity contribution is -0.120. The maximum absolute atomic E-state index is 12.6. The van der Waals surface area contributed by atoms with E-state index in [-0.39, 0.29) is 22.0 Å². The van der Waals surface area contributed by atoms with Gasteiger partial charge >= 0.3 is 5.97 Å². The molecular weight excluding hydrogens is 412 g/mol. The largest absolute Gasteiger partial charge is 0.478 e. The van der Waals surface area contributed by atoms with Crippen molar-refractivity contribution in [3.63, 3.8) is 0 Å². The zero-order valence-electron chi connectivity index (χ0n) is 12.5. The highest BCUT2D eigenvalue weighted by atomic mass is 79.9. The molecule has 2 amide bonds. The second-order valence-electron chi connectivity index (χ2n) is 5.09. The number of benzene rings is 2. The predicted octanol–water partition coefficient (Wildman–Crippen LogP) is 3.58. The molecule has 126 valence electrons. The molecule has 0 aromatic heterocycles. The number of carboxylic acids is 1. The second-order valence-corrected chi connectivity index (χ2v) is 6.38. The highest BCUT2D eigenvalue weighted by molar-refractivity contribution is 9.10. The zero-order chi connectivity index (χ0) is 18.1. The van der Waals surface area contributed by atoms with Crippen LogP contribution in [0, 0.1) is 0 Å². The number of hydrogen-bond donors (Lipinski definition) is 2. The maximum Gasteiger partial charge on any atom is 0.337 e. The van der Waals surface area contributed by atoms with E-state index in [1.165, 1.54) is 12.1 Å². The van der Waals surface area contributed by atoms with Crippen molar-refractivity contribution in [3.05, 3.63) is 69.3 Å². The SMILES string of the molecule is O=C(O)c1ccccc1NC1=C(Cl)C(=O)N(c2ccc(Br)cc2)C1=O. The lowest BCUT2D eigenvalue weighted by atomic mass is 10.1. The summed E-state index contributed by atoms with van der Waals surface area (Å²) in [4.78, 5) is 37.2. The number of nitrogens with one attached hydrogen (secondary N) is 1. The Labute approximate surface area is 155 Å². The molecule has 0 aliphatic carbocycles. The Hall–Kier alpha value is -2.64. The van der Waals surface area contributed by atoms with E-state index in [1.54, 1.807) is 36.4 Å². The Morgan fingerprint density at radius 3 is 2.32 bits per heavy atom. The molecule has 2 N–H and O–H groups in total. The summed E-state index contributed by atoms with van der Waals surface area (Å²) in [6.45, 7) is 0. The van der Waals surface area contributed by atoms with Crippen LogP contribution in [0.15, 0.2) is 63.7 Å². The van der Waals surface area contributed by atoms with E-state index in [2.05, 4.69) is 21.2 Å². The number of aromatic carboxylic acids is 1. The average molecular weight is 422 g/mol. The fraction of sp³-hybridized carbons (Fsp3) is 0. The summed E-state index contributed by atoms with van der Waals surface area (Å²) in [6, 6.07) is 12.6. The van der Waals surface area contributed by atoms with Crippen molar-refractivity contribution >= 4 is 56.7 Å². The number of rotatable bonds is 4. The second kappa shape index (κ2) is 6.70. The van der Waals surface area contributed by atoms with E-state index in [4.69, 9.17) is 11.6 Å². The number of carbonyl (C=O) groups is 3. The van der Waals surface area contributed by atoms with Crippen LogP contribution in [0.2, 0.25) is 0 Å². The third kappa shape index (κ3) is 3.16. The summed E-state index contributed by atoms with van der Waals surface area (Å²) in [6.07, 6.45) is 0. The number of halogens is 2. The number of nitrogens with zero attached hydrogens (tertiary/aromatic N) is 1. The van der Waals surface area contributed by atoms with Gasteiger partial charge in [0.2, 0.25) is 0 Å². The summed E-state index contributed by atoms with van der Waals surface area (Å²) >= 11 is 9.31. The highest BCUT2D eigenvalue weighted by Crippen LogP contribution is 2.31. The van der Waals surface area contributed by atoms with Gasteiger partial charge in [0.1, 0.15) is 10.7 Å². The number of carboxylic acid groups (broad SMARTS) is 1. The molecule has 0 spiro atoms. The quantitative estimate of drug-likeness (QED) is 0.737. The minimum Gasteiger partial charge on any atom is -0.478 e. The number of carbonyl (C=O) groups excluding carboxylic acids is 2. The average Bonchev–Trinajstić information content (AvgIpc) is 2.80. The van der Waals surface area contributed by atoms with Crippen LogP contribution in [0.4, 0.5) is 11.4 Å². The molecule has 25 heavy (non-hydrogen) atoms. The molecule has 0 saturated carbocycles. The van der Waals surface area contributed by atoms with Gasteiger partial charge in [-0.15, -0.1) is 0 Å². The third-order valence-electron chi connectivity index (χ3n) is 3.53. The van der Waals surface area contributed by atoms with Crippen LogP contribution in [0.3, 0.4) is 0 Å². The first-order valence-corrected chi connectivity index (χ1v) is 8.20. The van der Waals surface area contributed by atoms with E-state index in [9.17, 15) is 19.5 Å². The molecule has 0 fully saturated rings. The van der Waals surface area contributed by atoms with Crippen LogP contribution in [-0.2, 0) is 9.59 Å². The van der Waals surface area contributed by atoms with Crippen LogP contribution in [0.5, 0.6) is 0 Å². The number of anilines is 2. The molecule has 6 nitrogen and oxygen atoms in total. The molecular formula is C17H10BrClN2O4. The molecule has 3 rings (SSSR count). The molecule has 8 heteroatoms. The zero-order valence-corrected chi connectivity index (χ0v) is 14.8. The molecule has 1 aliphatic heterocycles. The smallest absolute Gasteiger partial charge is 0.337 e. The van der Waals surface area contributed by atoms with Gasteiger partial charge < -0.3 is 10.4 Å². The molecule has 2 aromatic rings. The minimum absolute atomic E-state index is 0.0400. The van der Waals surface area contributed by atoms with Gasteiger partial charge in [-0.3, -0.25) is 9.59 Å². The Bertz CT molecular complexity index is 925. The van der Waals surface area contributed by atoms with Crippen molar-refractivity contribution in [2.45, 2.75) is 0 Å². The first kappa shape index (κ1) is 17.2. The van der Waals surface area contributed by atoms with E-state index in [0.29, 0.717) is 5.69 Å². The van der Waals surface area contributed by atoms with Gasteiger partial charge in [-0.25, -0.2) is 9.69 Å². The Kier molecular flexibility index (Phi) is 4.61. The molecule has 0 unspecified atom stereocenters. The van der Waals surface area contributed by atoms with Gasteiger partial charge in [0.25, 0.3) is 11.8 Å². The van der Waals surface area contributed by atoms with Crippen LogP contribution in [0.1, 0.15) is 10.4 Å². The molecule has 2 aromatic carbocycles. The van der Waals surface area contributed by atoms with E-state index >= 15 is 0 Å². The molecule has 0 saturated heterocycles. The number of hydrogen-bond acceptors (Lipinski definition) is 4. The van der Waals surface area contributed by atoms with Crippen molar-refractivity contribution < 1.29 is 19.5 Å². The highest BCUT2D eigenvalue weighted by Gasteiger charge is 2.39. The summed E-state index contributed by atoms with van der Waals surface area (Å²) in [7, 11) is 0. The van der Waals surface area contributed by atoms with Gasteiger partial charge in [-0.05, 0) is 36.4 Å². The fourth-order valence-electron chi connectivity index (χ4n) is 2.35. The molecule has 0 bridgehead atoms. The number of para-hydroxylation sites is 1. The Balaban J connectivity index is 1.95. The predicted molar refractivity (Wildman–Crippen MR) is 96.5 cm³/mol. The van der Waals surface area contributed by atoms with Crippen LogP contribution in [0.25, 0.3) is 0 Å². The van der Waals surface area contributed by atoms with E-state index in [1.807, 2.05) is 0 Å². The van der Waals surface area contributed by atoms with Crippen LogP contribution in [-0.4, -0.2) is 22.9 Å². The number of imide groups is 1. The Morgan fingerprint density at radius 2 is 1.68 bits per heavy atom. The van der Waals surface area contributed by atoms with Crippen molar-refractivity contribution in [2.24, 2.45) is 0 Å². The van der Waals surface area contributed by atoms with Crippen LogP contribution < -0.4 is 10.2 Å². The first-order valence-electron chi connectivity index (χ1n) is 7.03. The maximum atomic E-state index is 12.6. The number of amides is 2. The van der Waals surface area contributed by atoms with Crippen LogP contribution >= 0.6 is 27.5 Å². The molecule has 0 radical (unpaired) electrons. The summed E-state index contributed by atoms with van der Waals surface area (Å²) in [5.74, 6) is -2.50. The van der Waals surface area contributed by atoms with Crippen molar-refractivity contribution in [1.29, 1.82) is 0 Å². The third-order valence-corrected chi connectivity index (χ3v) is 4.41. The van der Waals surface area contributed by atoms with Gasteiger partial charge in [0, 0.05) is 4.47 Å². The van der Waals surface area contributed by atoms with E-state index < -0.39 is 17.8 Å². The summed E-state index contributed by atoms with van der Waals surface area (Å²) in [5.41, 5.74) is 0.326. The lowest BCUT2D eigenvalue weighted by Crippen LogP contribution is -2.32. The summed E-state index contributed by atoms with van der Waals surface area (Å²) in [5, 5.41) is 11.6. The van der Waals surface area contributed by atoms with Crippen molar-refractivity contribution in [2.75, 3.05) is 10.2 Å². The topological polar surface area (TPSA) is 86.7 Å². The normalized spacial score (nSPS) is 14.2. The molecule has 1 aliphatic rings. The van der Waals surface area contributed by atoms with Gasteiger partial charge in [0.15, 0.2) is 0 Å². The first-order chi connectivity index (χ1) is 11.9. The van der Waals surface area contributed by atoms with Gasteiger partial charge in [-0.1, -0.05) is 39.7 Å². The standard InChI is InChI=1S/C17H10BrClN2O4/c18-9-5-7-10(8-6-9)21-15(22)13(19)14(16(21)23)20-12-4-2-1-3-11(12)17(24)25/h1-8,20H,(H,24,25). The van der Waals surface area contributed by atoms with Crippen molar-refractivity contribution in [3.8, 4) is 0 Å². The lowest BCUT2D eigenvalue weighted by Gasteiger charge is -2.15. The van der Waals surface area contributed by atoms with Crippen molar-refractivity contribution in [1.82, 2.24) is 0 Å². The van der Waals surface area contributed by atoms with Gasteiger partial charge in [-0.2, -0.15) is 0 Å². The monoisotopic (exact) mass is 420 g/mol. The molecule has 1 heterocycles. The fourth-order valence-corrected chi connectivity index (χ4v) is 2.83. The summed E-state index contributed by atoms with van der Waals surface area (Å²) < 4.78 is 0.795. The minimum atomic E-state index is -1.17. The van der Waals surface area contributed by atoms with Gasteiger partial charge in [0.05, 0.1) is 16.9 Å². The Morgan fingerprint density at radius 1 is 1.04 bits per heavy atom.